The van der Waals surface area contributed by atoms with Crippen LogP contribution in [-0.2, 0) is 0 Å². The van der Waals surface area contributed by atoms with E-state index < -0.39 is 0 Å². The molecule has 4 rings (SSSR count). The molecule has 1 aliphatic rings. The molecular formula is C21H17NO3. The van der Waals surface area contributed by atoms with Gasteiger partial charge in [0.05, 0.1) is 12.8 Å². The third-order valence-corrected chi connectivity index (χ3v) is 4.68. The first-order valence-electron chi connectivity index (χ1n) is 8.08. The number of ether oxygens (including phenoxy) is 1. The number of imide groups is 1. The molecule has 0 unspecified atom stereocenters. The Balaban J connectivity index is 1.94. The Labute approximate surface area is 145 Å². The summed E-state index contributed by atoms with van der Waals surface area (Å²) in [5.74, 6) is 0.180. The quantitative estimate of drug-likeness (QED) is 0.659. The molecule has 0 saturated carbocycles. The molecule has 3 aromatic carbocycles. The molecule has 0 atom stereocenters. The van der Waals surface area contributed by atoms with Crippen molar-refractivity contribution in [1.29, 1.82) is 0 Å². The van der Waals surface area contributed by atoms with Gasteiger partial charge in [-0.15, -0.1) is 0 Å². The molecule has 0 bridgehead atoms. The Bertz CT molecular complexity index is 978. The Morgan fingerprint density at radius 2 is 1.36 bits per heavy atom. The van der Waals surface area contributed by atoms with E-state index in [1.54, 1.807) is 19.2 Å². The maximum Gasteiger partial charge on any atom is 0.265 e. The number of nitrogens with zero attached hydrogens (tertiary/aromatic N) is 1. The lowest BCUT2D eigenvalue weighted by Crippen LogP contribution is -2.40. The van der Waals surface area contributed by atoms with Crippen LogP contribution in [0.4, 0.5) is 5.69 Å². The fourth-order valence-electron chi connectivity index (χ4n) is 3.64. The summed E-state index contributed by atoms with van der Waals surface area (Å²) in [5, 5.41) is 1.64. The van der Waals surface area contributed by atoms with Crippen molar-refractivity contribution in [1.82, 2.24) is 0 Å². The van der Waals surface area contributed by atoms with Crippen molar-refractivity contribution in [3.63, 3.8) is 0 Å². The van der Waals surface area contributed by atoms with E-state index in [-0.39, 0.29) is 11.8 Å². The Hall–Kier alpha value is -3.14. The molecular weight excluding hydrogens is 314 g/mol. The minimum absolute atomic E-state index is 0.293. The van der Waals surface area contributed by atoms with Gasteiger partial charge >= 0.3 is 0 Å². The fourth-order valence-corrected chi connectivity index (χ4v) is 3.64. The molecule has 1 heterocycles. The molecule has 4 nitrogen and oxygen atoms in total. The van der Waals surface area contributed by atoms with Gasteiger partial charge in [0.25, 0.3) is 11.8 Å². The van der Waals surface area contributed by atoms with E-state index in [1.165, 1.54) is 4.90 Å². The van der Waals surface area contributed by atoms with Crippen molar-refractivity contribution in [3.05, 3.63) is 70.8 Å². The molecule has 0 fully saturated rings. The first-order valence-corrected chi connectivity index (χ1v) is 8.08. The molecule has 0 radical (unpaired) electrons. The fraction of sp³-hybridized carbons (Fsp3) is 0.143. The lowest BCUT2D eigenvalue weighted by molar-refractivity contribution is 0.0893. The lowest BCUT2D eigenvalue weighted by Gasteiger charge is -2.28. The number of benzene rings is 3. The molecule has 0 aromatic heterocycles. The highest BCUT2D eigenvalue weighted by molar-refractivity contribution is 6.35. The van der Waals surface area contributed by atoms with E-state index in [1.807, 2.05) is 50.2 Å². The van der Waals surface area contributed by atoms with Crippen LogP contribution in [0.3, 0.4) is 0 Å². The Morgan fingerprint density at radius 1 is 0.840 bits per heavy atom. The zero-order valence-electron chi connectivity index (χ0n) is 14.3. The summed E-state index contributed by atoms with van der Waals surface area (Å²) in [6.45, 7) is 3.81. The van der Waals surface area contributed by atoms with E-state index in [9.17, 15) is 9.59 Å². The van der Waals surface area contributed by atoms with Crippen LogP contribution in [0.15, 0.2) is 48.5 Å². The number of amides is 2. The Kier molecular flexibility index (Phi) is 3.35. The monoisotopic (exact) mass is 331 g/mol. The van der Waals surface area contributed by atoms with Gasteiger partial charge < -0.3 is 4.74 Å². The lowest BCUT2D eigenvalue weighted by atomic mass is 9.93. The summed E-state index contributed by atoms with van der Waals surface area (Å²) in [4.78, 5) is 27.4. The summed E-state index contributed by atoms with van der Waals surface area (Å²) in [6.07, 6.45) is 0. The van der Waals surface area contributed by atoms with Crippen LogP contribution < -0.4 is 9.64 Å². The molecule has 0 spiro atoms. The van der Waals surface area contributed by atoms with Crippen LogP contribution >= 0.6 is 0 Å². The number of hydrogen-bond acceptors (Lipinski definition) is 3. The number of carbonyl (C=O) groups excluding carboxylic acids is 2. The summed E-state index contributed by atoms with van der Waals surface area (Å²) < 4.78 is 5.39. The van der Waals surface area contributed by atoms with Gasteiger partial charge in [-0.2, -0.15) is 0 Å². The largest absolute Gasteiger partial charge is 0.496 e. The van der Waals surface area contributed by atoms with Crippen molar-refractivity contribution >= 4 is 28.3 Å². The van der Waals surface area contributed by atoms with Crippen molar-refractivity contribution in [3.8, 4) is 5.75 Å². The van der Waals surface area contributed by atoms with Crippen LogP contribution in [0.5, 0.6) is 5.75 Å². The normalized spacial score (nSPS) is 13.5. The van der Waals surface area contributed by atoms with Gasteiger partial charge in [0.2, 0.25) is 0 Å². The van der Waals surface area contributed by atoms with E-state index >= 15 is 0 Å². The number of carbonyl (C=O) groups is 2. The van der Waals surface area contributed by atoms with Gasteiger partial charge in [-0.25, -0.2) is 4.90 Å². The SMILES string of the molecule is COc1c(C)cc(N2C(=O)c3cccc4cccc(c34)C2=O)cc1C. The van der Waals surface area contributed by atoms with Gasteiger partial charge in [0.1, 0.15) is 5.75 Å². The highest BCUT2D eigenvalue weighted by Crippen LogP contribution is 2.35. The third kappa shape index (κ3) is 2.14. The Morgan fingerprint density at radius 3 is 1.84 bits per heavy atom. The van der Waals surface area contributed by atoms with Crippen LogP contribution in [0.2, 0.25) is 0 Å². The number of aryl methyl sites for hydroxylation is 2. The standard InChI is InChI=1S/C21H17NO3/c1-12-10-15(11-13(2)19(12)25-3)22-20(23)16-8-4-6-14-7-5-9-17(18(14)16)21(22)24/h4-11H,1-3H3. The van der Waals surface area contributed by atoms with Gasteiger partial charge in [0.15, 0.2) is 0 Å². The molecule has 0 aliphatic carbocycles. The van der Waals surface area contributed by atoms with Gasteiger partial charge in [-0.05, 0) is 54.6 Å². The summed E-state index contributed by atoms with van der Waals surface area (Å²) in [7, 11) is 1.61. The zero-order valence-corrected chi connectivity index (χ0v) is 14.3. The van der Waals surface area contributed by atoms with Crippen molar-refractivity contribution in [2.45, 2.75) is 13.8 Å². The average molecular weight is 331 g/mol. The first-order chi connectivity index (χ1) is 12.0. The van der Waals surface area contributed by atoms with Crippen molar-refractivity contribution in [2.75, 3.05) is 12.0 Å². The summed E-state index contributed by atoms with van der Waals surface area (Å²) in [6, 6.07) is 14.7. The molecule has 124 valence electrons. The number of methoxy groups -OCH3 is 1. The van der Waals surface area contributed by atoms with E-state index in [0.29, 0.717) is 16.8 Å². The van der Waals surface area contributed by atoms with Gasteiger partial charge in [-0.3, -0.25) is 9.59 Å². The first kappa shape index (κ1) is 15.4. The second kappa shape index (κ2) is 5.45. The minimum Gasteiger partial charge on any atom is -0.496 e. The molecule has 2 amide bonds. The van der Waals surface area contributed by atoms with Crippen LogP contribution in [0, 0.1) is 13.8 Å². The maximum atomic E-state index is 13.1. The molecule has 25 heavy (non-hydrogen) atoms. The van der Waals surface area contributed by atoms with Crippen LogP contribution in [0.1, 0.15) is 31.8 Å². The van der Waals surface area contributed by atoms with E-state index in [4.69, 9.17) is 4.74 Å². The van der Waals surface area contributed by atoms with Crippen LogP contribution in [-0.4, -0.2) is 18.9 Å². The molecule has 1 aliphatic heterocycles. The predicted molar refractivity (Wildman–Crippen MR) is 97.6 cm³/mol. The van der Waals surface area contributed by atoms with Crippen LogP contribution in [0.25, 0.3) is 10.8 Å². The third-order valence-electron chi connectivity index (χ3n) is 4.68. The molecule has 3 aromatic rings. The molecule has 0 N–H and O–H groups in total. The van der Waals surface area contributed by atoms with E-state index in [0.717, 1.165) is 27.6 Å². The smallest absolute Gasteiger partial charge is 0.265 e. The van der Waals surface area contributed by atoms with Crippen molar-refractivity contribution < 1.29 is 14.3 Å². The highest BCUT2D eigenvalue weighted by atomic mass is 16.5. The second-order valence-corrected chi connectivity index (χ2v) is 6.27. The second-order valence-electron chi connectivity index (χ2n) is 6.27. The maximum absolute atomic E-state index is 13.1. The molecule has 0 saturated heterocycles. The minimum atomic E-state index is -0.293. The number of hydrogen-bond donors (Lipinski definition) is 0. The number of rotatable bonds is 2. The summed E-state index contributed by atoms with van der Waals surface area (Å²) in [5.41, 5.74) is 3.44. The van der Waals surface area contributed by atoms with Crippen molar-refractivity contribution in [2.24, 2.45) is 0 Å². The topological polar surface area (TPSA) is 46.6 Å². The van der Waals surface area contributed by atoms with E-state index in [2.05, 4.69) is 0 Å². The zero-order chi connectivity index (χ0) is 17.7. The predicted octanol–water partition coefficient (Wildman–Crippen LogP) is 4.27. The van der Waals surface area contributed by atoms with Gasteiger partial charge in [0, 0.05) is 16.5 Å². The average Bonchev–Trinajstić information content (AvgIpc) is 2.59. The highest BCUT2D eigenvalue weighted by Gasteiger charge is 2.34. The van der Waals surface area contributed by atoms with Gasteiger partial charge in [-0.1, -0.05) is 24.3 Å². The number of anilines is 1. The molecule has 4 heteroatoms. The summed E-state index contributed by atoms with van der Waals surface area (Å²) >= 11 is 0.